The minimum absolute atomic E-state index is 0.398. The second-order valence-corrected chi connectivity index (χ2v) is 6.09. The summed E-state index contributed by atoms with van der Waals surface area (Å²) in [5.41, 5.74) is 7.78. The number of fused-ring (bicyclic) bond motifs is 1. The van der Waals surface area contributed by atoms with Gasteiger partial charge >= 0.3 is 0 Å². The zero-order chi connectivity index (χ0) is 10.3. The van der Waals surface area contributed by atoms with E-state index in [1.54, 1.807) is 0 Å². The first kappa shape index (κ1) is 9.73. The van der Waals surface area contributed by atoms with Gasteiger partial charge in [0, 0.05) is 16.2 Å². The van der Waals surface area contributed by atoms with E-state index >= 15 is 0 Å². The molecule has 80 valence electrons. The monoisotopic (exact) mass is 219 g/mol. The van der Waals surface area contributed by atoms with Crippen LogP contribution in [0.15, 0.2) is 29.2 Å². The molecule has 0 saturated heterocycles. The van der Waals surface area contributed by atoms with Crippen molar-refractivity contribution in [3.05, 3.63) is 29.8 Å². The van der Waals surface area contributed by atoms with Gasteiger partial charge in [-0.25, -0.2) is 0 Å². The van der Waals surface area contributed by atoms with Crippen LogP contribution in [0.4, 0.5) is 0 Å². The summed E-state index contributed by atoms with van der Waals surface area (Å²) in [5, 5.41) is 0.628. The summed E-state index contributed by atoms with van der Waals surface area (Å²) in [4.78, 5) is 1.45. The lowest BCUT2D eigenvalue weighted by Gasteiger charge is -2.17. The summed E-state index contributed by atoms with van der Waals surface area (Å²) >= 11 is 1.99. The molecule has 0 aromatic heterocycles. The Kier molecular flexibility index (Phi) is 2.49. The van der Waals surface area contributed by atoms with Crippen LogP contribution in [0.5, 0.6) is 0 Å². The maximum Gasteiger partial charge on any atom is 0.0287 e. The topological polar surface area (TPSA) is 26.0 Å². The van der Waals surface area contributed by atoms with Crippen LogP contribution in [-0.4, -0.2) is 11.3 Å². The summed E-state index contributed by atoms with van der Waals surface area (Å²) < 4.78 is 0. The number of hydrogen-bond acceptors (Lipinski definition) is 2. The van der Waals surface area contributed by atoms with Crippen LogP contribution in [0.2, 0.25) is 0 Å². The van der Waals surface area contributed by atoms with E-state index in [2.05, 4.69) is 24.3 Å². The fourth-order valence-electron chi connectivity index (χ4n) is 2.34. The summed E-state index contributed by atoms with van der Waals surface area (Å²) in [6.07, 6.45) is 5.25. The van der Waals surface area contributed by atoms with Crippen molar-refractivity contribution in [1.29, 1.82) is 0 Å². The Labute approximate surface area is 95.4 Å². The molecule has 1 aliphatic heterocycles. The molecule has 0 amide bonds. The molecule has 1 fully saturated rings. The molecule has 1 saturated carbocycles. The highest BCUT2D eigenvalue weighted by molar-refractivity contribution is 8.00. The molecule has 2 heteroatoms. The molecule has 2 atom stereocenters. The van der Waals surface area contributed by atoms with Crippen molar-refractivity contribution >= 4 is 11.8 Å². The zero-order valence-electron chi connectivity index (χ0n) is 8.86. The number of nitrogens with two attached hydrogens (primary N) is 1. The number of thioether (sulfide) groups is 1. The average Bonchev–Trinajstić information content (AvgIpc) is 2.95. The molecular weight excluding hydrogens is 202 g/mol. The van der Waals surface area contributed by atoms with Gasteiger partial charge in [0.05, 0.1) is 0 Å². The third-order valence-electron chi connectivity index (χ3n) is 3.45. The zero-order valence-corrected chi connectivity index (χ0v) is 9.67. The van der Waals surface area contributed by atoms with Gasteiger partial charge in [-0.1, -0.05) is 31.0 Å². The summed E-state index contributed by atoms with van der Waals surface area (Å²) in [6.45, 7) is 0. The SMILES string of the molecule is NC(CC1CC1)C1Cc2ccccc2S1. The van der Waals surface area contributed by atoms with Crippen LogP contribution in [-0.2, 0) is 6.42 Å². The van der Waals surface area contributed by atoms with E-state index in [-0.39, 0.29) is 0 Å². The molecule has 1 nitrogen and oxygen atoms in total. The van der Waals surface area contributed by atoms with Gasteiger partial charge in [-0.15, -0.1) is 11.8 Å². The van der Waals surface area contributed by atoms with Crippen LogP contribution in [0.25, 0.3) is 0 Å². The van der Waals surface area contributed by atoms with Crippen LogP contribution in [0.3, 0.4) is 0 Å². The van der Waals surface area contributed by atoms with Crippen LogP contribution in [0.1, 0.15) is 24.8 Å². The van der Waals surface area contributed by atoms with Crippen molar-refractivity contribution in [2.75, 3.05) is 0 Å². The molecule has 1 heterocycles. The Morgan fingerprint density at radius 3 is 2.87 bits per heavy atom. The molecule has 1 aliphatic carbocycles. The van der Waals surface area contributed by atoms with E-state index in [1.807, 2.05) is 11.8 Å². The quantitative estimate of drug-likeness (QED) is 0.846. The first-order valence-electron chi connectivity index (χ1n) is 5.83. The van der Waals surface area contributed by atoms with Crippen LogP contribution < -0.4 is 5.73 Å². The van der Waals surface area contributed by atoms with Gasteiger partial charge < -0.3 is 5.73 Å². The third kappa shape index (κ3) is 2.06. The Bertz CT molecular complexity index is 334. The van der Waals surface area contributed by atoms with Gasteiger partial charge in [-0.2, -0.15) is 0 Å². The Morgan fingerprint density at radius 2 is 2.13 bits per heavy atom. The molecule has 15 heavy (non-hydrogen) atoms. The van der Waals surface area contributed by atoms with Crippen molar-refractivity contribution in [2.24, 2.45) is 11.7 Å². The lowest BCUT2D eigenvalue weighted by molar-refractivity contribution is 0.549. The maximum atomic E-state index is 6.28. The first-order valence-corrected chi connectivity index (χ1v) is 6.71. The standard InChI is InChI=1S/C13H17NS/c14-11(7-9-5-6-9)13-8-10-3-1-2-4-12(10)15-13/h1-4,9,11,13H,5-8,14H2. The normalized spacial score (nSPS) is 26.3. The van der Waals surface area contributed by atoms with Gasteiger partial charge in [0.2, 0.25) is 0 Å². The van der Waals surface area contributed by atoms with Crippen molar-refractivity contribution < 1.29 is 0 Å². The van der Waals surface area contributed by atoms with E-state index < -0.39 is 0 Å². The summed E-state index contributed by atoms with van der Waals surface area (Å²) in [5.74, 6) is 0.948. The predicted molar refractivity (Wildman–Crippen MR) is 65.1 cm³/mol. The highest BCUT2D eigenvalue weighted by Gasteiger charge is 2.31. The number of benzene rings is 1. The van der Waals surface area contributed by atoms with Gasteiger partial charge in [0.15, 0.2) is 0 Å². The highest BCUT2D eigenvalue weighted by atomic mass is 32.2. The van der Waals surface area contributed by atoms with Crippen molar-refractivity contribution in [3.8, 4) is 0 Å². The molecule has 2 aliphatic rings. The molecule has 0 spiro atoms. The smallest absolute Gasteiger partial charge is 0.0287 e. The summed E-state index contributed by atoms with van der Waals surface area (Å²) in [6, 6.07) is 9.13. The van der Waals surface area contributed by atoms with E-state index in [0.29, 0.717) is 11.3 Å². The van der Waals surface area contributed by atoms with Gasteiger partial charge in [-0.05, 0) is 30.4 Å². The molecule has 3 rings (SSSR count). The van der Waals surface area contributed by atoms with Crippen LogP contribution in [0, 0.1) is 5.92 Å². The number of rotatable bonds is 3. The van der Waals surface area contributed by atoms with Crippen molar-refractivity contribution in [1.82, 2.24) is 0 Å². The van der Waals surface area contributed by atoms with Gasteiger partial charge in [-0.3, -0.25) is 0 Å². The Balaban J connectivity index is 1.66. The average molecular weight is 219 g/mol. The lowest BCUT2D eigenvalue weighted by atomic mass is 10.0. The molecule has 2 N–H and O–H groups in total. The van der Waals surface area contributed by atoms with Crippen LogP contribution >= 0.6 is 11.8 Å². The minimum atomic E-state index is 0.398. The van der Waals surface area contributed by atoms with E-state index in [9.17, 15) is 0 Å². The van der Waals surface area contributed by atoms with Gasteiger partial charge in [0.1, 0.15) is 0 Å². The minimum Gasteiger partial charge on any atom is -0.327 e. The fourth-order valence-corrected chi connectivity index (χ4v) is 3.67. The van der Waals surface area contributed by atoms with E-state index in [0.717, 1.165) is 5.92 Å². The molecule has 0 bridgehead atoms. The van der Waals surface area contributed by atoms with Crippen molar-refractivity contribution in [3.63, 3.8) is 0 Å². The number of hydrogen-bond donors (Lipinski definition) is 1. The summed E-state index contributed by atoms with van der Waals surface area (Å²) in [7, 11) is 0. The molecule has 2 unspecified atom stereocenters. The van der Waals surface area contributed by atoms with E-state index in [1.165, 1.54) is 36.1 Å². The molecule has 1 aromatic carbocycles. The third-order valence-corrected chi connectivity index (χ3v) is 4.92. The largest absolute Gasteiger partial charge is 0.327 e. The highest BCUT2D eigenvalue weighted by Crippen LogP contribution is 2.41. The molecule has 0 radical (unpaired) electrons. The maximum absolute atomic E-state index is 6.28. The predicted octanol–water partition coefficient (Wildman–Crippen LogP) is 2.83. The van der Waals surface area contributed by atoms with Gasteiger partial charge in [0.25, 0.3) is 0 Å². The first-order chi connectivity index (χ1) is 7.33. The van der Waals surface area contributed by atoms with Crippen molar-refractivity contribution in [2.45, 2.75) is 41.9 Å². The second-order valence-electron chi connectivity index (χ2n) is 4.81. The molecular formula is C13H17NS. The Hall–Kier alpha value is -0.470. The molecule has 1 aromatic rings. The van der Waals surface area contributed by atoms with E-state index in [4.69, 9.17) is 5.73 Å². The fraction of sp³-hybridized carbons (Fsp3) is 0.538. The Morgan fingerprint density at radius 1 is 1.33 bits per heavy atom. The lowest BCUT2D eigenvalue weighted by Crippen LogP contribution is -2.32. The second kappa shape index (κ2) is 3.84.